The Morgan fingerprint density at radius 2 is 2.16 bits per heavy atom. The van der Waals surface area contributed by atoms with Crippen LogP contribution in [0.25, 0.3) is 11.0 Å². The minimum atomic E-state index is -1.11. The number of nitrogens with zero attached hydrogens (tertiary/aromatic N) is 3. The minimum absolute atomic E-state index is 0.00408. The van der Waals surface area contributed by atoms with Gasteiger partial charge in [0, 0.05) is 20.3 Å². The monoisotopic (exact) mass is 263 g/mol. The number of hydrogen-bond donors (Lipinski definition) is 3. The van der Waals surface area contributed by atoms with Crippen molar-refractivity contribution >= 4 is 28.6 Å². The molecule has 0 aromatic carbocycles. The minimum Gasteiger partial charge on any atom is -0.478 e. The van der Waals surface area contributed by atoms with Gasteiger partial charge in [0.1, 0.15) is 5.56 Å². The maximum atomic E-state index is 11.3. The van der Waals surface area contributed by atoms with E-state index in [1.165, 1.54) is 24.1 Å². The van der Waals surface area contributed by atoms with Gasteiger partial charge in [-0.3, -0.25) is 9.48 Å². The molecule has 0 spiro atoms. The summed E-state index contributed by atoms with van der Waals surface area (Å²) in [5, 5.41) is 19.0. The van der Waals surface area contributed by atoms with Gasteiger partial charge < -0.3 is 15.7 Å². The van der Waals surface area contributed by atoms with Crippen molar-refractivity contribution in [3.63, 3.8) is 0 Å². The van der Waals surface area contributed by atoms with Crippen LogP contribution >= 0.6 is 0 Å². The summed E-state index contributed by atoms with van der Waals surface area (Å²) < 4.78 is 1.53. The first kappa shape index (κ1) is 12.8. The van der Waals surface area contributed by atoms with E-state index in [1.54, 1.807) is 7.05 Å². The molecule has 0 unspecified atom stereocenters. The number of anilines is 1. The molecule has 0 aliphatic carbocycles. The molecule has 2 aromatic heterocycles. The van der Waals surface area contributed by atoms with Gasteiger partial charge in [0.15, 0.2) is 5.65 Å². The highest BCUT2D eigenvalue weighted by Crippen LogP contribution is 2.25. The molecule has 2 aromatic rings. The Morgan fingerprint density at radius 3 is 2.79 bits per heavy atom. The third-order valence-corrected chi connectivity index (χ3v) is 2.70. The zero-order valence-electron chi connectivity index (χ0n) is 10.5. The lowest BCUT2D eigenvalue weighted by atomic mass is 10.2. The highest BCUT2D eigenvalue weighted by molar-refractivity contribution is 6.04. The second-order valence-corrected chi connectivity index (χ2v) is 3.88. The third-order valence-electron chi connectivity index (χ3n) is 2.70. The normalized spacial score (nSPS) is 10.4. The van der Waals surface area contributed by atoms with E-state index in [2.05, 4.69) is 20.7 Å². The Kier molecular flexibility index (Phi) is 3.32. The number of amides is 1. The van der Waals surface area contributed by atoms with Crippen LogP contribution in [-0.2, 0) is 11.8 Å². The summed E-state index contributed by atoms with van der Waals surface area (Å²) in [7, 11) is 3.21. The van der Waals surface area contributed by atoms with Crippen molar-refractivity contribution < 1.29 is 14.7 Å². The van der Waals surface area contributed by atoms with Crippen LogP contribution in [0.1, 0.15) is 10.4 Å². The number of nitrogens with one attached hydrogen (secondary N) is 2. The molecule has 8 heteroatoms. The van der Waals surface area contributed by atoms with Gasteiger partial charge in [-0.1, -0.05) is 0 Å². The summed E-state index contributed by atoms with van der Waals surface area (Å²) in [6.45, 7) is -0.0230. The van der Waals surface area contributed by atoms with Crippen LogP contribution in [0.5, 0.6) is 0 Å². The van der Waals surface area contributed by atoms with Gasteiger partial charge >= 0.3 is 5.97 Å². The average Bonchev–Trinajstić information content (AvgIpc) is 2.77. The Balaban J connectivity index is 2.49. The number of likely N-dealkylation sites (N-methyl/N-ethyl adjacent to an activating group) is 1. The SMILES string of the molecule is CNC(=O)CNc1c(C(=O)O)cnc2c1cnn2C. The number of aromatic carboxylic acids is 1. The molecule has 0 aliphatic rings. The van der Waals surface area contributed by atoms with Crippen molar-refractivity contribution in [2.75, 3.05) is 18.9 Å². The van der Waals surface area contributed by atoms with Gasteiger partial charge in [0.25, 0.3) is 0 Å². The lowest BCUT2D eigenvalue weighted by Crippen LogP contribution is -2.26. The fraction of sp³-hybridized carbons (Fsp3) is 0.273. The predicted molar refractivity (Wildman–Crippen MR) is 68.0 cm³/mol. The molecule has 3 N–H and O–H groups in total. The number of aryl methyl sites for hydroxylation is 1. The summed E-state index contributed by atoms with van der Waals surface area (Å²) in [6.07, 6.45) is 2.76. The van der Waals surface area contributed by atoms with E-state index in [1.807, 2.05) is 0 Å². The average molecular weight is 263 g/mol. The van der Waals surface area contributed by atoms with Crippen molar-refractivity contribution in [1.82, 2.24) is 20.1 Å². The molecule has 0 bridgehead atoms. The van der Waals surface area contributed by atoms with E-state index in [4.69, 9.17) is 5.11 Å². The Bertz CT molecular complexity index is 649. The van der Waals surface area contributed by atoms with Crippen molar-refractivity contribution in [1.29, 1.82) is 0 Å². The van der Waals surface area contributed by atoms with Crippen LogP contribution in [0, 0.1) is 0 Å². The first-order valence-corrected chi connectivity index (χ1v) is 5.53. The first-order chi connectivity index (χ1) is 9.04. The Labute approximate surface area is 108 Å². The van der Waals surface area contributed by atoms with Gasteiger partial charge in [-0.25, -0.2) is 9.78 Å². The van der Waals surface area contributed by atoms with Gasteiger partial charge in [-0.05, 0) is 0 Å². The number of carbonyl (C=O) groups excluding carboxylic acids is 1. The fourth-order valence-corrected chi connectivity index (χ4v) is 1.71. The molecular formula is C11H13N5O3. The van der Waals surface area contributed by atoms with Gasteiger partial charge in [-0.15, -0.1) is 0 Å². The summed E-state index contributed by atoms with van der Waals surface area (Å²) in [4.78, 5) is 26.5. The summed E-state index contributed by atoms with van der Waals surface area (Å²) >= 11 is 0. The molecule has 1 amide bonds. The molecule has 0 atom stereocenters. The van der Waals surface area contributed by atoms with E-state index in [-0.39, 0.29) is 18.0 Å². The van der Waals surface area contributed by atoms with Crippen LogP contribution in [0.3, 0.4) is 0 Å². The number of pyridine rings is 1. The lowest BCUT2D eigenvalue weighted by molar-refractivity contribution is -0.118. The maximum absolute atomic E-state index is 11.3. The number of hydrogen-bond acceptors (Lipinski definition) is 5. The standard InChI is InChI=1S/C11H13N5O3/c1-12-8(17)5-13-9-6-4-15-16(2)10(6)14-3-7(9)11(18)19/h3-4H,5H2,1-2H3,(H,12,17)(H,13,14)(H,18,19). The van der Waals surface area contributed by atoms with E-state index in [0.29, 0.717) is 16.7 Å². The zero-order valence-corrected chi connectivity index (χ0v) is 10.5. The number of carboxylic acid groups (broad SMARTS) is 1. The van der Waals surface area contributed by atoms with E-state index < -0.39 is 5.97 Å². The van der Waals surface area contributed by atoms with E-state index in [0.717, 1.165) is 0 Å². The fourth-order valence-electron chi connectivity index (χ4n) is 1.71. The molecular weight excluding hydrogens is 250 g/mol. The molecule has 8 nitrogen and oxygen atoms in total. The largest absolute Gasteiger partial charge is 0.478 e. The summed E-state index contributed by atoms with van der Waals surface area (Å²) in [5.74, 6) is -1.36. The molecule has 0 aliphatic heterocycles. The first-order valence-electron chi connectivity index (χ1n) is 5.53. The van der Waals surface area contributed by atoms with E-state index >= 15 is 0 Å². The molecule has 0 saturated carbocycles. The number of carboxylic acids is 1. The van der Waals surface area contributed by atoms with Crippen LogP contribution < -0.4 is 10.6 Å². The zero-order chi connectivity index (χ0) is 14.0. The maximum Gasteiger partial charge on any atom is 0.339 e. The number of fused-ring (bicyclic) bond motifs is 1. The van der Waals surface area contributed by atoms with Crippen molar-refractivity contribution in [2.24, 2.45) is 7.05 Å². The quantitative estimate of drug-likeness (QED) is 0.706. The number of aromatic nitrogens is 3. The highest BCUT2D eigenvalue weighted by Gasteiger charge is 2.17. The molecule has 2 heterocycles. The summed E-state index contributed by atoms with van der Waals surface area (Å²) in [6, 6.07) is 0. The van der Waals surface area contributed by atoms with Crippen molar-refractivity contribution in [3.8, 4) is 0 Å². The Hall–Kier alpha value is -2.64. The predicted octanol–water partition coefficient (Wildman–Crippen LogP) is -0.176. The van der Waals surface area contributed by atoms with Crippen LogP contribution in [0.2, 0.25) is 0 Å². The van der Waals surface area contributed by atoms with Gasteiger partial charge in [-0.2, -0.15) is 5.10 Å². The molecule has 2 rings (SSSR count). The third kappa shape index (κ3) is 2.32. The topological polar surface area (TPSA) is 109 Å². The van der Waals surface area contributed by atoms with Crippen molar-refractivity contribution in [3.05, 3.63) is 18.0 Å². The van der Waals surface area contributed by atoms with Crippen LogP contribution in [0.4, 0.5) is 5.69 Å². The number of rotatable bonds is 4. The molecule has 0 saturated heterocycles. The number of carbonyl (C=O) groups is 2. The highest BCUT2D eigenvalue weighted by atomic mass is 16.4. The second kappa shape index (κ2) is 4.92. The van der Waals surface area contributed by atoms with Gasteiger partial charge in [0.05, 0.1) is 23.8 Å². The molecule has 100 valence electrons. The Morgan fingerprint density at radius 1 is 1.42 bits per heavy atom. The summed E-state index contributed by atoms with van der Waals surface area (Å²) in [5.41, 5.74) is 0.892. The van der Waals surface area contributed by atoms with Gasteiger partial charge in [0.2, 0.25) is 5.91 Å². The second-order valence-electron chi connectivity index (χ2n) is 3.88. The van der Waals surface area contributed by atoms with Crippen molar-refractivity contribution in [2.45, 2.75) is 0 Å². The van der Waals surface area contributed by atoms with Crippen LogP contribution in [-0.4, -0.2) is 45.3 Å². The molecule has 19 heavy (non-hydrogen) atoms. The van der Waals surface area contributed by atoms with E-state index in [9.17, 15) is 9.59 Å². The van der Waals surface area contributed by atoms with Crippen LogP contribution in [0.15, 0.2) is 12.4 Å². The molecule has 0 fully saturated rings. The molecule has 0 radical (unpaired) electrons. The smallest absolute Gasteiger partial charge is 0.339 e. The lowest BCUT2D eigenvalue weighted by Gasteiger charge is -2.09.